The van der Waals surface area contributed by atoms with Gasteiger partial charge in [0.1, 0.15) is 0 Å². The molecular formula is C29H26N2O2. The fourth-order valence-electron chi connectivity index (χ4n) is 3.68. The Kier molecular flexibility index (Phi) is 7.39. The Balaban J connectivity index is 1.67. The van der Waals surface area contributed by atoms with Crippen molar-refractivity contribution in [1.29, 1.82) is 0 Å². The molecule has 0 spiro atoms. The van der Waals surface area contributed by atoms with E-state index in [1.165, 1.54) is 0 Å². The molecule has 0 bridgehead atoms. The number of carbonyl (C=O) groups is 1. The molecular weight excluding hydrogens is 408 g/mol. The molecule has 0 aliphatic carbocycles. The molecule has 0 N–H and O–H groups in total. The maximum absolute atomic E-state index is 12.9. The monoisotopic (exact) mass is 434 g/mol. The molecule has 0 aliphatic heterocycles. The van der Waals surface area contributed by atoms with Crippen LogP contribution in [0.2, 0.25) is 0 Å². The third-order valence-corrected chi connectivity index (χ3v) is 5.33. The van der Waals surface area contributed by atoms with Crippen molar-refractivity contribution in [3.63, 3.8) is 0 Å². The Labute approximate surface area is 194 Å². The summed E-state index contributed by atoms with van der Waals surface area (Å²) in [5.41, 5.74) is 5.94. The molecule has 0 amide bonds. The van der Waals surface area contributed by atoms with Crippen LogP contribution in [-0.2, 0) is 16.0 Å². The SMILES string of the molecule is CCOC(=O)[C@H](Cc1ccc(-c2ccncc2)cc1)N=C(c1ccccc1)c1ccccc1. The van der Waals surface area contributed by atoms with E-state index in [1.807, 2.05) is 91.9 Å². The number of rotatable bonds is 8. The van der Waals surface area contributed by atoms with Gasteiger partial charge in [-0.1, -0.05) is 84.9 Å². The first kappa shape index (κ1) is 22.2. The van der Waals surface area contributed by atoms with E-state index in [0.717, 1.165) is 33.5 Å². The van der Waals surface area contributed by atoms with Gasteiger partial charge in [-0.15, -0.1) is 0 Å². The number of pyridine rings is 1. The van der Waals surface area contributed by atoms with E-state index in [1.54, 1.807) is 12.4 Å². The van der Waals surface area contributed by atoms with Gasteiger partial charge in [0.05, 0.1) is 12.3 Å². The van der Waals surface area contributed by atoms with Gasteiger partial charge >= 0.3 is 5.97 Å². The average Bonchev–Trinajstić information content (AvgIpc) is 2.88. The predicted octanol–water partition coefficient (Wildman–Crippen LogP) is 5.76. The number of esters is 1. The molecule has 0 unspecified atom stereocenters. The second-order valence-corrected chi connectivity index (χ2v) is 7.61. The van der Waals surface area contributed by atoms with Crippen LogP contribution in [0.25, 0.3) is 11.1 Å². The van der Waals surface area contributed by atoms with Gasteiger partial charge in [-0.05, 0) is 35.7 Å². The van der Waals surface area contributed by atoms with Crippen molar-refractivity contribution in [2.24, 2.45) is 4.99 Å². The number of hydrogen-bond donors (Lipinski definition) is 0. The summed E-state index contributed by atoms with van der Waals surface area (Å²) in [7, 11) is 0. The number of hydrogen-bond acceptors (Lipinski definition) is 4. The molecule has 4 aromatic rings. The highest BCUT2D eigenvalue weighted by molar-refractivity contribution is 6.13. The van der Waals surface area contributed by atoms with Gasteiger partial charge in [0.15, 0.2) is 6.04 Å². The van der Waals surface area contributed by atoms with Crippen molar-refractivity contribution in [2.45, 2.75) is 19.4 Å². The summed E-state index contributed by atoms with van der Waals surface area (Å²) in [6.07, 6.45) is 4.02. The van der Waals surface area contributed by atoms with Gasteiger partial charge in [0.2, 0.25) is 0 Å². The largest absolute Gasteiger partial charge is 0.464 e. The summed E-state index contributed by atoms with van der Waals surface area (Å²) in [6, 6.07) is 31.4. The van der Waals surface area contributed by atoms with Crippen LogP contribution in [0.4, 0.5) is 0 Å². The predicted molar refractivity (Wildman–Crippen MR) is 132 cm³/mol. The minimum Gasteiger partial charge on any atom is -0.464 e. The topological polar surface area (TPSA) is 51.5 Å². The van der Waals surface area contributed by atoms with Crippen molar-refractivity contribution < 1.29 is 9.53 Å². The van der Waals surface area contributed by atoms with Crippen molar-refractivity contribution in [3.05, 3.63) is 126 Å². The number of benzene rings is 3. The first-order valence-electron chi connectivity index (χ1n) is 11.1. The third-order valence-electron chi connectivity index (χ3n) is 5.33. The number of nitrogens with zero attached hydrogens (tertiary/aromatic N) is 2. The van der Waals surface area contributed by atoms with Crippen LogP contribution in [0.1, 0.15) is 23.6 Å². The highest BCUT2D eigenvalue weighted by atomic mass is 16.5. The Morgan fingerprint density at radius 3 is 1.88 bits per heavy atom. The Bertz CT molecular complexity index is 1150. The fourth-order valence-corrected chi connectivity index (χ4v) is 3.68. The molecule has 1 aromatic heterocycles. The van der Waals surface area contributed by atoms with Crippen LogP contribution in [-0.4, -0.2) is 29.3 Å². The zero-order valence-electron chi connectivity index (χ0n) is 18.6. The van der Waals surface area contributed by atoms with Crippen molar-refractivity contribution >= 4 is 11.7 Å². The first-order chi connectivity index (χ1) is 16.2. The van der Waals surface area contributed by atoms with E-state index in [9.17, 15) is 4.79 Å². The Morgan fingerprint density at radius 1 is 0.788 bits per heavy atom. The maximum atomic E-state index is 12.9. The van der Waals surface area contributed by atoms with Gasteiger partial charge in [0, 0.05) is 29.9 Å². The number of aromatic nitrogens is 1. The lowest BCUT2D eigenvalue weighted by Crippen LogP contribution is -2.26. The van der Waals surface area contributed by atoms with Gasteiger partial charge in [-0.3, -0.25) is 9.98 Å². The molecule has 0 saturated carbocycles. The number of ether oxygens (including phenoxy) is 1. The summed E-state index contributed by atoms with van der Waals surface area (Å²) in [6.45, 7) is 2.13. The molecule has 0 aliphatic rings. The van der Waals surface area contributed by atoms with Gasteiger partial charge < -0.3 is 4.74 Å². The minimum atomic E-state index is -0.646. The van der Waals surface area contributed by atoms with Gasteiger partial charge in [-0.25, -0.2) is 4.79 Å². The van der Waals surface area contributed by atoms with Crippen molar-refractivity contribution in [3.8, 4) is 11.1 Å². The normalized spacial score (nSPS) is 11.4. The van der Waals surface area contributed by atoms with E-state index in [-0.39, 0.29) is 5.97 Å². The summed E-state index contributed by atoms with van der Waals surface area (Å²) in [5.74, 6) is -0.319. The molecule has 4 nitrogen and oxygen atoms in total. The number of aliphatic imine (C=N–C) groups is 1. The quantitative estimate of drug-likeness (QED) is 0.262. The molecule has 0 radical (unpaired) electrons. The van der Waals surface area contributed by atoms with E-state index >= 15 is 0 Å². The third kappa shape index (κ3) is 5.80. The molecule has 1 atom stereocenters. The molecule has 1 heterocycles. The van der Waals surface area contributed by atoms with Crippen LogP contribution >= 0.6 is 0 Å². The van der Waals surface area contributed by atoms with Crippen molar-refractivity contribution in [1.82, 2.24) is 4.98 Å². The molecule has 0 saturated heterocycles. The molecule has 4 rings (SSSR count). The highest BCUT2D eigenvalue weighted by Gasteiger charge is 2.21. The van der Waals surface area contributed by atoms with E-state index in [2.05, 4.69) is 17.1 Å². The average molecular weight is 435 g/mol. The van der Waals surface area contributed by atoms with E-state index in [4.69, 9.17) is 9.73 Å². The van der Waals surface area contributed by atoms with Crippen molar-refractivity contribution in [2.75, 3.05) is 6.61 Å². The lowest BCUT2D eigenvalue weighted by Gasteiger charge is -2.16. The minimum absolute atomic E-state index is 0.317. The second-order valence-electron chi connectivity index (χ2n) is 7.61. The second kappa shape index (κ2) is 11.0. The lowest BCUT2D eigenvalue weighted by atomic mass is 9.99. The molecule has 0 fully saturated rings. The van der Waals surface area contributed by atoms with Crippen LogP contribution < -0.4 is 0 Å². The zero-order chi connectivity index (χ0) is 22.9. The Morgan fingerprint density at radius 2 is 1.33 bits per heavy atom. The smallest absolute Gasteiger partial charge is 0.331 e. The summed E-state index contributed by atoms with van der Waals surface area (Å²) >= 11 is 0. The maximum Gasteiger partial charge on any atom is 0.331 e. The van der Waals surface area contributed by atoms with Crippen LogP contribution in [0, 0.1) is 0 Å². The lowest BCUT2D eigenvalue weighted by molar-refractivity contribution is -0.144. The summed E-state index contributed by atoms with van der Waals surface area (Å²) in [4.78, 5) is 21.9. The van der Waals surface area contributed by atoms with Crippen LogP contribution in [0.15, 0.2) is 114 Å². The summed E-state index contributed by atoms with van der Waals surface area (Å²) < 4.78 is 5.39. The molecule has 164 valence electrons. The molecule has 4 heteroatoms. The molecule has 3 aromatic carbocycles. The highest BCUT2D eigenvalue weighted by Crippen LogP contribution is 2.21. The number of carbonyl (C=O) groups excluding carboxylic acids is 1. The Hall–Kier alpha value is -4.05. The van der Waals surface area contributed by atoms with Gasteiger partial charge in [-0.2, -0.15) is 0 Å². The van der Waals surface area contributed by atoms with E-state index in [0.29, 0.717) is 13.0 Å². The van der Waals surface area contributed by atoms with Gasteiger partial charge in [0.25, 0.3) is 0 Å². The summed E-state index contributed by atoms with van der Waals surface area (Å²) in [5, 5.41) is 0. The van der Waals surface area contributed by atoms with E-state index < -0.39 is 6.04 Å². The zero-order valence-corrected chi connectivity index (χ0v) is 18.6. The molecule has 33 heavy (non-hydrogen) atoms. The standard InChI is InChI=1S/C29H26N2O2/c1-2-33-29(32)27(21-22-13-15-23(16-14-22)24-17-19-30-20-18-24)31-28(25-9-5-3-6-10-25)26-11-7-4-8-12-26/h3-20,27H,2,21H2,1H3/t27-/m0/s1. The van der Waals surface area contributed by atoms with Crippen LogP contribution in [0.5, 0.6) is 0 Å². The van der Waals surface area contributed by atoms with Crippen LogP contribution in [0.3, 0.4) is 0 Å². The first-order valence-corrected chi connectivity index (χ1v) is 11.1. The fraction of sp³-hybridized carbons (Fsp3) is 0.138.